The van der Waals surface area contributed by atoms with Crippen LogP contribution in [0.5, 0.6) is 0 Å². The molecule has 18 heavy (non-hydrogen) atoms. The molecule has 0 radical (unpaired) electrons. The molecule has 1 atom stereocenters. The molecule has 0 amide bonds. The monoisotopic (exact) mass is 270 g/mol. The number of hydrogen-bond acceptors (Lipinski definition) is 5. The predicted octanol–water partition coefficient (Wildman–Crippen LogP) is 0.760. The molecular formula is C11H14N2O4S. The highest BCUT2D eigenvalue weighted by atomic mass is 32.2. The lowest BCUT2D eigenvalue weighted by molar-refractivity contribution is -0.138. The first-order valence-corrected chi connectivity index (χ1v) is 7.43. The Morgan fingerprint density at radius 2 is 2.22 bits per heavy atom. The number of sulfone groups is 1. The summed E-state index contributed by atoms with van der Waals surface area (Å²) in [7, 11) is -3.43. The quantitative estimate of drug-likeness (QED) is 0.820. The van der Waals surface area contributed by atoms with E-state index in [4.69, 9.17) is 5.11 Å². The van der Waals surface area contributed by atoms with Gasteiger partial charge in [0.1, 0.15) is 16.8 Å². The number of hydrogen-bond donors (Lipinski definition) is 2. The summed E-state index contributed by atoms with van der Waals surface area (Å²) >= 11 is 0. The van der Waals surface area contributed by atoms with E-state index in [1.54, 1.807) is 0 Å². The fourth-order valence-electron chi connectivity index (χ4n) is 1.76. The summed E-state index contributed by atoms with van der Waals surface area (Å²) in [5.74, 6) is -0.821. The molecule has 0 aliphatic heterocycles. The number of carbonyl (C=O) groups is 1. The van der Waals surface area contributed by atoms with Crippen LogP contribution in [0.1, 0.15) is 12.8 Å². The molecule has 1 unspecified atom stereocenters. The average Bonchev–Trinajstić information content (AvgIpc) is 3.08. The Morgan fingerprint density at radius 1 is 1.56 bits per heavy atom. The van der Waals surface area contributed by atoms with Crippen molar-refractivity contribution in [2.45, 2.75) is 23.8 Å². The van der Waals surface area contributed by atoms with Crippen LogP contribution in [0, 0.1) is 5.92 Å². The molecule has 2 N–H and O–H groups in total. The molecule has 0 aromatic carbocycles. The summed E-state index contributed by atoms with van der Waals surface area (Å²) in [6.07, 6.45) is 4.18. The number of pyridine rings is 1. The van der Waals surface area contributed by atoms with Crippen molar-refractivity contribution >= 4 is 21.6 Å². The number of nitrogens with zero attached hydrogens (tertiary/aromatic N) is 1. The largest absolute Gasteiger partial charge is 0.480 e. The van der Waals surface area contributed by atoms with Gasteiger partial charge in [-0.3, -0.25) is 0 Å². The second-order valence-corrected chi connectivity index (χ2v) is 6.40. The van der Waals surface area contributed by atoms with Crippen molar-refractivity contribution in [3.05, 3.63) is 18.3 Å². The summed E-state index contributed by atoms with van der Waals surface area (Å²) in [6.45, 7) is 0. The van der Waals surface area contributed by atoms with Gasteiger partial charge in [-0.1, -0.05) is 0 Å². The van der Waals surface area contributed by atoms with Crippen molar-refractivity contribution in [1.29, 1.82) is 0 Å². The predicted molar refractivity (Wildman–Crippen MR) is 65.1 cm³/mol. The van der Waals surface area contributed by atoms with Crippen LogP contribution in [0.3, 0.4) is 0 Å². The fourth-order valence-corrected chi connectivity index (χ4v) is 2.54. The molecule has 98 valence electrons. The van der Waals surface area contributed by atoms with E-state index in [2.05, 4.69) is 10.3 Å². The number of carboxylic acids is 1. The summed E-state index contributed by atoms with van der Waals surface area (Å²) in [5.41, 5.74) is 0. The minimum Gasteiger partial charge on any atom is -0.480 e. The van der Waals surface area contributed by atoms with E-state index in [9.17, 15) is 13.2 Å². The van der Waals surface area contributed by atoms with Gasteiger partial charge in [-0.05, 0) is 30.9 Å². The van der Waals surface area contributed by atoms with Crippen molar-refractivity contribution in [2.24, 2.45) is 5.92 Å². The van der Waals surface area contributed by atoms with Gasteiger partial charge in [0.25, 0.3) is 0 Å². The first kappa shape index (κ1) is 12.8. The number of anilines is 1. The van der Waals surface area contributed by atoms with Gasteiger partial charge >= 0.3 is 5.97 Å². The molecule has 1 saturated carbocycles. The number of aliphatic carboxylic acids is 1. The normalized spacial score (nSPS) is 17.2. The van der Waals surface area contributed by atoms with Gasteiger partial charge in [-0.15, -0.1) is 0 Å². The highest BCUT2D eigenvalue weighted by Gasteiger charge is 2.37. The van der Waals surface area contributed by atoms with E-state index in [1.807, 2.05) is 0 Å². The zero-order valence-corrected chi connectivity index (χ0v) is 10.6. The molecule has 0 saturated heterocycles. The van der Waals surface area contributed by atoms with E-state index in [1.165, 1.54) is 18.3 Å². The second kappa shape index (κ2) is 4.56. The van der Waals surface area contributed by atoms with Crippen LogP contribution in [0.15, 0.2) is 23.2 Å². The van der Waals surface area contributed by atoms with Crippen LogP contribution >= 0.6 is 0 Å². The molecule has 1 aromatic heterocycles. The lowest BCUT2D eigenvalue weighted by Gasteiger charge is -2.16. The third kappa shape index (κ3) is 2.79. The number of nitrogens with one attached hydrogen (secondary N) is 1. The number of carboxylic acid groups (broad SMARTS) is 1. The topological polar surface area (TPSA) is 96.4 Å². The average molecular weight is 270 g/mol. The molecule has 2 rings (SSSR count). The Bertz CT molecular complexity index is 566. The van der Waals surface area contributed by atoms with Crippen LogP contribution in [-0.4, -0.2) is 36.8 Å². The zero-order valence-electron chi connectivity index (χ0n) is 9.83. The molecule has 1 aromatic rings. The fraction of sp³-hybridized carbons (Fsp3) is 0.455. The second-order valence-electron chi connectivity index (χ2n) is 4.42. The molecule has 1 aliphatic carbocycles. The molecule has 1 aliphatic rings. The minimum absolute atomic E-state index is 0.0249. The first-order chi connectivity index (χ1) is 8.39. The van der Waals surface area contributed by atoms with Crippen LogP contribution in [-0.2, 0) is 14.6 Å². The summed E-state index contributed by atoms with van der Waals surface area (Å²) < 4.78 is 23.1. The van der Waals surface area contributed by atoms with E-state index in [0.717, 1.165) is 19.1 Å². The number of aromatic nitrogens is 1. The Kier molecular flexibility index (Phi) is 3.25. The van der Waals surface area contributed by atoms with Gasteiger partial charge in [-0.2, -0.15) is 0 Å². The van der Waals surface area contributed by atoms with Gasteiger partial charge in [0.05, 0.1) is 0 Å². The maximum atomic E-state index is 11.6. The van der Waals surface area contributed by atoms with Crippen molar-refractivity contribution in [1.82, 2.24) is 4.98 Å². The lowest BCUT2D eigenvalue weighted by atomic mass is 10.2. The number of rotatable bonds is 5. The summed E-state index contributed by atoms with van der Waals surface area (Å²) in [5, 5.41) is 11.8. The van der Waals surface area contributed by atoms with Crippen molar-refractivity contribution in [3.8, 4) is 0 Å². The van der Waals surface area contributed by atoms with Gasteiger partial charge in [0.2, 0.25) is 0 Å². The van der Waals surface area contributed by atoms with Gasteiger partial charge in [0, 0.05) is 12.5 Å². The molecule has 6 nitrogen and oxygen atoms in total. The molecular weight excluding hydrogens is 256 g/mol. The Balaban J connectivity index is 2.31. The molecule has 1 fully saturated rings. The highest BCUT2D eigenvalue weighted by molar-refractivity contribution is 7.90. The molecule has 0 spiro atoms. The van der Waals surface area contributed by atoms with E-state index in [-0.39, 0.29) is 16.6 Å². The van der Waals surface area contributed by atoms with Gasteiger partial charge < -0.3 is 10.4 Å². The van der Waals surface area contributed by atoms with Crippen LogP contribution in [0.2, 0.25) is 0 Å². The maximum absolute atomic E-state index is 11.6. The van der Waals surface area contributed by atoms with E-state index >= 15 is 0 Å². The van der Waals surface area contributed by atoms with Gasteiger partial charge in [-0.25, -0.2) is 18.2 Å². The van der Waals surface area contributed by atoms with E-state index in [0.29, 0.717) is 0 Å². The molecule has 0 bridgehead atoms. The summed E-state index contributed by atoms with van der Waals surface area (Å²) in [4.78, 5) is 15.1. The third-order valence-corrected chi connectivity index (χ3v) is 3.95. The Hall–Kier alpha value is -1.63. The lowest BCUT2D eigenvalue weighted by Crippen LogP contribution is -2.32. The van der Waals surface area contributed by atoms with E-state index < -0.39 is 21.8 Å². The van der Waals surface area contributed by atoms with Crippen molar-refractivity contribution < 1.29 is 18.3 Å². The highest BCUT2D eigenvalue weighted by Crippen LogP contribution is 2.34. The Labute approximate surface area is 105 Å². The molecule has 1 heterocycles. The van der Waals surface area contributed by atoms with Crippen molar-refractivity contribution in [3.63, 3.8) is 0 Å². The molecule has 7 heteroatoms. The van der Waals surface area contributed by atoms with Crippen LogP contribution in [0.4, 0.5) is 5.82 Å². The smallest absolute Gasteiger partial charge is 0.326 e. The Morgan fingerprint density at radius 3 is 2.72 bits per heavy atom. The standard InChI is InChI=1S/C11H14N2O4S/c1-18(16,17)8-3-2-6-12-10(8)13-9(11(14)15)7-4-5-7/h2-3,6-7,9H,4-5H2,1H3,(H,12,13)(H,14,15). The first-order valence-electron chi connectivity index (χ1n) is 5.54. The zero-order chi connectivity index (χ0) is 13.3. The maximum Gasteiger partial charge on any atom is 0.326 e. The van der Waals surface area contributed by atoms with Gasteiger partial charge in [0.15, 0.2) is 9.84 Å². The third-order valence-electron chi connectivity index (χ3n) is 2.82. The van der Waals surface area contributed by atoms with Crippen molar-refractivity contribution in [2.75, 3.05) is 11.6 Å². The minimum atomic E-state index is -3.43. The summed E-state index contributed by atoms with van der Waals surface area (Å²) in [6, 6.07) is 2.14. The SMILES string of the molecule is CS(=O)(=O)c1cccnc1NC(C(=O)O)C1CC1. The van der Waals surface area contributed by atoms with Crippen LogP contribution in [0.25, 0.3) is 0 Å². The van der Waals surface area contributed by atoms with Crippen LogP contribution < -0.4 is 5.32 Å².